The normalized spacial score (nSPS) is 18.8. The van der Waals surface area contributed by atoms with Crippen molar-refractivity contribution in [1.82, 2.24) is 0 Å². The molecule has 0 aromatic heterocycles. The molecule has 4 nitrogen and oxygen atoms in total. The number of hydrogen-bond donors (Lipinski definition) is 1. The van der Waals surface area contributed by atoms with Gasteiger partial charge in [0, 0.05) is 13.1 Å². The van der Waals surface area contributed by atoms with Crippen molar-refractivity contribution in [3.63, 3.8) is 0 Å². The Morgan fingerprint density at radius 1 is 1.47 bits per heavy atom. The van der Waals surface area contributed by atoms with Gasteiger partial charge < -0.3 is 15.4 Å². The first-order chi connectivity index (χ1) is 8.03. The van der Waals surface area contributed by atoms with E-state index in [2.05, 4.69) is 24.8 Å². The average molecular weight is 231 g/mol. The van der Waals surface area contributed by atoms with Gasteiger partial charge in [0.15, 0.2) is 0 Å². The maximum Gasteiger partial charge on any atom is 0.101 e. The zero-order valence-corrected chi connectivity index (χ0v) is 10.2. The predicted octanol–water partition coefficient (Wildman–Crippen LogP) is 1.76. The summed E-state index contributed by atoms with van der Waals surface area (Å²) < 4.78 is 5.67. The Morgan fingerprint density at radius 3 is 2.88 bits per heavy atom. The molecule has 2 rings (SSSR count). The Balaban J connectivity index is 2.32. The van der Waals surface area contributed by atoms with Crippen molar-refractivity contribution in [1.29, 1.82) is 5.26 Å². The molecule has 1 aliphatic rings. The van der Waals surface area contributed by atoms with Crippen LogP contribution < -0.4 is 10.6 Å². The molecule has 0 saturated carbocycles. The highest BCUT2D eigenvalue weighted by Crippen LogP contribution is 2.29. The van der Waals surface area contributed by atoms with Crippen molar-refractivity contribution in [3.05, 3.63) is 23.8 Å². The molecule has 90 valence electrons. The summed E-state index contributed by atoms with van der Waals surface area (Å²) in [6.45, 7) is 6.39. The van der Waals surface area contributed by atoms with E-state index in [1.54, 1.807) is 6.07 Å². The fourth-order valence-corrected chi connectivity index (χ4v) is 2.15. The SMILES string of the molecule is CC1(C)CN(c2cccc(C#N)c2N)CCO1. The number of ether oxygens (including phenoxy) is 1. The Morgan fingerprint density at radius 2 is 2.24 bits per heavy atom. The number of para-hydroxylation sites is 1. The van der Waals surface area contributed by atoms with Gasteiger partial charge >= 0.3 is 0 Å². The highest BCUT2D eigenvalue weighted by Gasteiger charge is 2.28. The molecule has 1 fully saturated rings. The standard InChI is InChI=1S/C13H17N3O/c1-13(2)9-16(6-7-17-13)11-5-3-4-10(8-14)12(11)15/h3-5H,6-7,9,15H2,1-2H3. The van der Waals surface area contributed by atoms with Crippen LogP contribution in [0.25, 0.3) is 0 Å². The molecule has 0 atom stereocenters. The topological polar surface area (TPSA) is 62.3 Å². The minimum atomic E-state index is -0.173. The summed E-state index contributed by atoms with van der Waals surface area (Å²) in [6, 6.07) is 7.68. The number of nitrogens with zero attached hydrogens (tertiary/aromatic N) is 2. The second-order valence-electron chi connectivity index (χ2n) is 4.88. The summed E-state index contributed by atoms with van der Waals surface area (Å²) in [7, 11) is 0. The van der Waals surface area contributed by atoms with Crippen LogP contribution in [-0.4, -0.2) is 25.3 Å². The maximum absolute atomic E-state index is 8.97. The van der Waals surface area contributed by atoms with Crippen LogP contribution >= 0.6 is 0 Å². The molecule has 0 amide bonds. The molecule has 0 aliphatic carbocycles. The number of nitrogen functional groups attached to an aromatic ring is 1. The molecule has 0 radical (unpaired) electrons. The molecule has 0 bridgehead atoms. The van der Waals surface area contributed by atoms with E-state index < -0.39 is 0 Å². The Labute approximate surface area is 102 Å². The molecule has 1 aliphatic heterocycles. The monoisotopic (exact) mass is 231 g/mol. The van der Waals surface area contributed by atoms with Crippen molar-refractivity contribution < 1.29 is 4.74 Å². The quantitative estimate of drug-likeness (QED) is 0.748. The van der Waals surface area contributed by atoms with Gasteiger partial charge in [0.05, 0.1) is 29.1 Å². The van der Waals surface area contributed by atoms with Gasteiger partial charge in [0.1, 0.15) is 6.07 Å². The third-order valence-corrected chi connectivity index (χ3v) is 2.97. The number of morpholine rings is 1. The average Bonchev–Trinajstić information content (AvgIpc) is 2.28. The molecule has 1 saturated heterocycles. The van der Waals surface area contributed by atoms with E-state index in [1.165, 1.54) is 0 Å². The van der Waals surface area contributed by atoms with Crippen molar-refractivity contribution >= 4 is 11.4 Å². The van der Waals surface area contributed by atoms with Gasteiger partial charge in [-0.1, -0.05) is 6.07 Å². The van der Waals surface area contributed by atoms with Gasteiger partial charge in [-0.05, 0) is 26.0 Å². The lowest BCUT2D eigenvalue weighted by Gasteiger charge is -2.39. The molecule has 1 heterocycles. The van der Waals surface area contributed by atoms with E-state index in [1.807, 2.05) is 12.1 Å². The zero-order chi connectivity index (χ0) is 12.5. The van der Waals surface area contributed by atoms with Gasteiger partial charge in [-0.25, -0.2) is 0 Å². The van der Waals surface area contributed by atoms with E-state index in [-0.39, 0.29) is 5.60 Å². The second-order valence-corrected chi connectivity index (χ2v) is 4.88. The highest BCUT2D eigenvalue weighted by molar-refractivity contribution is 5.74. The molecule has 4 heteroatoms. The van der Waals surface area contributed by atoms with Crippen molar-refractivity contribution in [2.75, 3.05) is 30.3 Å². The van der Waals surface area contributed by atoms with E-state index in [4.69, 9.17) is 15.7 Å². The van der Waals surface area contributed by atoms with E-state index in [0.29, 0.717) is 17.9 Å². The van der Waals surface area contributed by atoms with E-state index in [0.717, 1.165) is 18.8 Å². The number of nitrogens with two attached hydrogens (primary N) is 1. The molecule has 1 aromatic rings. The summed E-state index contributed by atoms with van der Waals surface area (Å²) in [5.41, 5.74) is 7.86. The van der Waals surface area contributed by atoms with Crippen LogP contribution in [0.3, 0.4) is 0 Å². The second kappa shape index (κ2) is 4.27. The van der Waals surface area contributed by atoms with Gasteiger partial charge in [-0.3, -0.25) is 0 Å². The van der Waals surface area contributed by atoms with Crippen LogP contribution in [0, 0.1) is 11.3 Å². The Hall–Kier alpha value is -1.73. The lowest BCUT2D eigenvalue weighted by Crippen LogP contribution is -2.48. The number of nitriles is 1. The van der Waals surface area contributed by atoms with Gasteiger partial charge in [-0.15, -0.1) is 0 Å². The van der Waals surface area contributed by atoms with Crippen molar-refractivity contribution in [2.45, 2.75) is 19.4 Å². The summed E-state index contributed by atoms with van der Waals surface area (Å²) in [5, 5.41) is 8.97. The fraction of sp³-hybridized carbons (Fsp3) is 0.462. The van der Waals surface area contributed by atoms with E-state index >= 15 is 0 Å². The lowest BCUT2D eigenvalue weighted by atomic mass is 10.1. The fourth-order valence-electron chi connectivity index (χ4n) is 2.15. The minimum absolute atomic E-state index is 0.173. The van der Waals surface area contributed by atoms with Crippen LogP contribution in [-0.2, 0) is 4.74 Å². The van der Waals surface area contributed by atoms with Crippen molar-refractivity contribution in [2.24, 2.45) is 0 Å². The van der Waals surface area contributed by atoms with Crippen LogP contribution in [0.15, 0.2) is 18.2 Å². The molecule has 2 N–H and O–H groups in total. The van der Waals surface area contributed by atoms with E-state index in [9.17, 15) is 0 Å². The molecule has 17 heavy (non-hydrogen) atoms. The first-order valence-corrected chi connectivity index (χ1v) is 5.71. The molecule has 0 unspecified atom stereocenters. The largest absolute Gasteiger partial charge is 0.396 e. The first-order valence-electron chi connectivity index (χ1n) is 5.71. The first kappa shape index (κ1) is 11.7. The molecular weight excluding hydrogens is 214 g/mol. The van der Waals surface area contributed by atoms with Crippen molar-refractivity contribution in [3.8, 4) is 6.07 Å². The molecule has 1 aromatic carbocycles. The third kappa shape index (κ3) is 2.34. The minimum Gasteiger partial charge on any atom is -0.396 e. The lowest BCUT2D eigenvalue weighted by molar-refractivity contribution is -0.0276. The van der Waals surface area contributed by atoms with Crippen LogP contribution in [0.1, 0.15) is 19.4 Å². The highest BCUT2D eigenvalue weighted by atomic mass is 16.5. The summed E-state index contributed by atoms with van der Waals surface area (Å²) in [4.78, 5) is 2.18. The van der Waals surface area contributed by atoms with Crippen LogP contribution in [0.2, 0.25) is 0 Å². The maximum atomic E-state index is 8.97. The summed E-state index contributed by atoms with van der Waals surface area (Å²) >= 11 is 0. The van der Waals surface area contributed by atoms with Crippen LogP contribution in [0.4, 0.5) is 11.4 Å². The predicted molar refractivity (Wildman–Crippen MR) is 67.8 cm³/mol. The third-order valence-electron chi connectivity index (χ3n) is 2.97. The smallest absolute Gasteiger partial charge is 0.101 e. The summed E-state index contributed by atoms with van der Waals surface area (Å²) in [6.07, 6.45) is 0. The molecule has 0 spiro atoms. The van der Waals surface area contributed by atoms with Gasteiger partial charge in [-0.2, -0.15) is 5.26 Å². The number of benzene rings is 1. The number of rotatable bonds is 1. The number of hydrogen-bond acceptors (Lipinski definition) is 4. The Bertz CT molecular complexity index is 462. The Kier molecular flexibility index (Phi) is 2.95. The van der Waals surface area contributed by atoms with Crippen LogP contribution in [0.5, 0.6) is 0 Å². The molecular formula is C13H17N3O. The zero-order valence-electron chi connectivity index (χ0n) is 10.2. The summed E-state index contributed by atoms with van der Waals surface area (Å²) in [5.74, 6) is 0. The number of anilines is 2. The van der Waals surface area contributed by atoms with Gasteiger partial charge in [0.25, 0.3) is 0 Å². The van der Waals surface area contributed by atoms with Gasteiger partial charge in [0.2, 0.25) is 0 Å².